The topological polar surface area (TPSA) is 93.4 Å². The van der Waals surface area contributed by atoms with E-state index < -0.39 is 17.6 Å². The van der Waals surface area contributed by atoms with Gasteiger partial charge in [-0.2, -0.15) is 0 Å². The van der Waals surface area contributed by atoms with Crippen molar-refractivity contribution in [3.05, 3.63) is 0 Å². The summed E-state index contributed by atoms with van der Waals surface area (Å²) in [4.78, 5) is 0. The molecule has 0 rings (SSSR count). The first-order valence-electron chi connectivity index (χ1n) is 8.24. The van der Waals surface area contributed by atoms with Gasteiger partial charge in [0.1, 0.15) is 0 Å². The molecule has 0 aliphatic carbocycles. The summed E-state index contributed by atoms with van der Waals surface area (Å²) in [5.41, 5.74) is 6.14. The van der Waals surface area contributed by atoms with Crippen LogP contribution in [0.2, 0.25) is 12.1 Å². The molecular formula is C14H36N2O6Si2. The van der Waals surface area contributed by atoms with E-state index in [9.17, 15) is 0 Å². The van der Waals surface area contributed by atoms with Crippen molar-refractivity contribution in [2.45, 2.75) is 37.4 Å². The highest BCUT2D eigenvalue weighted by Gasteiger charge is 2.37. The molecule has 8 nitrogen and oxygen atoms in total. The molecule has 0 radical (unpaired) electrons. The van der Waals surface area contributed by atoms with E-state index in [1.165, 1.54) is 0 Å². The largest absolute Gasteiger partial charge is 0.500 e. The van der Waals surface area contributed by atoms with Crippen LogP contribution >= 0.6 is 0 Å². The van der Waals surface area contributed by atoms with Crippen LogP contribution < -0.4 is 11.1 Å². The highest BCUT2D eigenvalue weighted by Crippen LogP contribution is 2.17. The molecule has 10 heteroatoms. The molecule has 0 bridgehead atoms. The Morgan fingerprint density at radius 1 is 0.750 bits per heavy atom. The van der Waals surface area contributed by atoms with Gasteiger partial charge in [0.2, 0.25) is 0 Å². The second-order valence-electron chi connectivity index (χ2n) is 5.55. The fraction of sp³-hybridized carbons (Fsp3) is 1.00. The Kier molecular flexibility index (Phi) is 13.4. The first-order valence-corrected chi connectivity index (χ1v) is 12.1. The Bertz CT molecular complexity index is 290. The average molecular weight is 385 g/mol. The molecule has 3 N–H and O–H groups in total. The van der Waals surface area contributed by atoms with Crippen LogP contribution in [0, 0.1) is 0 Å². The van der Waals surface area contributed by atoms with Gasteiger partial charge in [-0.1, -0.05) is 0 Å². The summed E-state index contributed by atoms with van der Waals surface area (Å²) in [6, 6.07) is 1.65. The highest BCUT2D eigenvalue weighted by atomic mass is 28.4. The van der Waals surface area contributed by atoms with Gasteiger partial charge in [-0.25, -0.2) is 0 Å². The van der Waals surface area contributed by atoms with Crippen molar-refractivity contribution in [2.24, 2.45) is 5.73 Å². The van der Waals surface area contributed by atoms with Crippen molar-refractivity contribution in [1.82, 2.24) is 5.32 Å². The van der Waals surface area contributed by atoms with Gasteiger partial charge in [-0.15, -0.1) is 0 Å². The zero-order chi connectivity index (χ0) is 18.5. The summed E-state index contributed by atoms with van der Waals surface area (Å²) in [6.07, 6.45) is 2.73. The molecule has 0 aromatic rings. The minimum Gasteiger partial charge on any atom is -0.377 e. The van der Waals surface area contributed by atoms with E-state index in [1.807, 2.05) is 0 Å². The Labute approximate surface area is 149 Å². The predicted octanol–water partition coefficient (Wildman–Crippen LogP) is 0.830. The summed E-state index contributed by atoms with van der Waals surface area (Å²) in [5.74, 6) is 0. The van der Waals surface area contributed by atoms with Crippen LogP contribution in [0.15, 0.2) is 0 Å². The first kappa shape index (κ1) is 24.1. The molecular weight excluding hydrogens is 348 g/mol. The Hall–Kier alpha value is 0.114. The van der Waals surface area contributed by atoms with Crippen LogP contribution in [0.5, 0.6) is 0 Å². The van der Waals surface area contributed by atoms with Gasteiger partial charge in [0.15, 0.2) is 0 Å². The van der Waals surface area contributed by atoms with Crippen LogP contribution in [-0.2, 0) is 26.6 Å². The molecule has 1 atom stereocenters. The van der Waals surface area contributed by atoms with E-state index in [1.54, 1.807) is 42.7 Å². The first-order chi connectivity index (χ1) is 11.5. The van der Waals surface area contributed by atoms with E-state index in [-0.39, 0.29) is 6.04 Å². The third kappa shape index (κ3) is 8.47. The minimum absolute atomic E-state index is 0.0940. The molecule has 0 aromatic carbocycles. The number of nitrogens with two attached hydrogens (primary N) is 1. The molecule has 0 amide bonds. The molecule has 0 heterocycles. The third-order valence-corrected chi connectivity index (χ3v) is 9.83. The smallest absolute Gasteiger partial charge is 0.377 e. The Balaban J connectivity index is 3.86. The highest BCUT2D eigenvalue weighted by molar-refractivity contribution is 6.60. The zero-order valence-corrected chi connectivity index (χ0v) is 18.1. The van der Waals surface area contributed by atoms with Gasteiger partial charge >= 0.3 is 17.6 Å². The molecule has 0 aliphatic heterocycles. The lowest BCUT2D eigenvalue weighted by molar-refractivity contribution is 0.122. The summed E-state index contributed by atoms with van der Waals surface area (Å²) in [5, 5.41) is 3.37. The van der Waals surface area contributed by atoms with Gasteiger partial charge in [0.25, 0.3) is 0 Å². The van der Waals surface area contributed by atoms with E-state index in [0.29, 0.717) is 0 Å². The van der Waals surface area contributed by atoms with Crippen LogP contribution in [0.3, 0.4) is 0 Å². The second kappa shape index (κ2) is 13.3. The lowest BCUT2D eigenvalue weighted by Crippen LogP contribution is -2.44. The maximum Gasteiger partial charge on any atom is 0.500 e. The maximum atomic E-state index is 6.14. The molecule has 146 valence electrons. The average Bonchev–Trinajstić information content (AvgIpc) is 2.63. The summed E-state index contributed by atoms with van der Waals surface area (Å²) in [7, 11) is 4.85. The van der Waals surface area contributed by atoms with Crippen molar-refractivity contribution < 1.29 is 26.6 Å². The molecule has 0 fully saturated rings. The monoisotopic (exact) mass is 384 g/mol. The standard InChI is InChI=1S/C14H36N2O6Si2/c1-17-23(18-2,19-3)11-7-9-14(15)13-16-10-8-12-24(20-4,21-5)22-6/h14,16H,7-13,15H2,1-6H3. The minimum atomic E-state index is -2.47. The van der Waals surface area contributed by atoms with Crippen molar-refractivity contribution in [2.75, 3.05) is 55.7 Å². The van der Waals surface area contributed by atoms with Crippen molar-refractivity contribution in [3.8, 4) is 0 Å². The number of hydrogen-bond donors (Lipinski definition) is 2. The molecule has 0 saturated heterocycles. The third-order valence-electron chi connectivity index (χ3n) is 4.17. The van der Waals surface area contributed by atoms with Crippen molar-refractivity contribution in [3.63, 3.8) is 0 Å². The summed E-state index contributed by atoms with van der Waals surface area (Å²) >= 11 is 0. The normalized spacial score (nSPS) is 14.1. The Morgan fingerprint density at radius 3 is 1.58 bits per heavy atom. The molecule has 0 aromatic heterocycles. The molecule has 0 saturated carbocycles. The number of rotatable bonds is 16. The Morgan fingerprint density at radius 2 is 1.17 bits per heavy atom. The van der Waals surface area contributed by atoms with Gasteiger partial charge in [-0.05, 0) is 25.8 Å². The molecule has 0 aliphatic rings. The second-order valence-corrected chi connectivity index (χ2v) is 11.7. The molecule has 24 heavy (non-hydrogen) atoms. The summed E-state index contributed by atoms with van der Waals surface area (Å²) in [6.45, 7) is 1.62. The number of nitrogens with one attached hydrogen (secondary N) is 1. The zero-order valence-electron chi connectivity index (χ0n) is 16.1. The predicted molar refractivity (Wildman–Crippen MR) is 97.9 cm³/mol. The lowest BCUT2D eigenvalue weighted by atomic mass is 10.2. The molecule has 0 spiro atoms. The fourth-order valence-corrected chi connectivity index (χ4v) is 5.98. The quantitative estimate of drug-likeness (QED) is 0.299. The maximum absolute atomic E-state index is 6.14. The molecule has 1 unspecified atom stereocenters. The van der Waals surface area contributed by atoms with E-state index in [0.717, 1.165) is 44.4 Å². The van der Waals surface area contributed by atoms with Gasteiger partial charge in [0.05, 0.1) is 0 Å². The van der Waals surface area contributed by atoms with Crippen molar-refractivity contribution in [1.29, 1.82) is 0 Å². The van der Waals surface area contributed by atoms with Crippen LogP contribution in [0.1, 0.15) is 19.3 Å². The van der Waals surface area contributed by atoms with E-state index in [2.05, 4.69) is 5.32 Å². The van der Waals surface area contributed by atoms with E-state index in [4.69, 9.17) is 32.3 Å². The fourth-order valence-electron chi connectivity index (χ4n) is 2.51. The van der Waals surface area contributed by atoms with Crippen LogP contribution in [0.25, 0.3) is 0 Å². The van der Waals surface area contributed by atoms with E-state index >= 15 is 0 Å². The number of hydrogen-bond acceptors (Lipinski definition) is 8. The summed E-state index contributed by atoms with van der Waals surface area (Å²) < 4.78 is 32.4. The van der Waals surface area contributed by atoms with Crippen LogP contribution in [-0.4, -0.2) is 79.4 Å². The van der Waals surface area contributed by atoms with Crippen molar-refractivity contribution >= 4 is 17.6 Å². The lowest BCUT2D eigenvalue weighted by Gasteiger charge is -2.25. The van der Waals surface area contributed by atoms with Crippen LogP contribution in [0.4, 0.5) is 0 Å². The van der Waals surface area contributed by atoms with Gasteiger partial charge in [0, 0.05) is 67.3 Å². The van der Waals surface area contributed by atoms with Gasteiger partial charge in [-0.3, -0.25) is 0 Å². The SMILES string of the molecule is CO[Si](CCCNCC(N)CCC[Si](OC)(OC)OC)(OC)OC. The van der Waals surface area contributed by atoms with Gasteiger partial charge < -0.3 is 37.6 Å².